The number of nitrogens with zero attached hydrogens (tertiary/aromatic N) is 1. The Morgan fingerprint density at radius 3 is 2.47 bits per heavy atom. The fourth-order valence-electron chi connectivity index (χ4n) is 4.37. The number of hydrogen-bond acceptors (Lipinski definition) is 4. The lowest BCUT2D eigenvalue weighted by atomic mass is 9.88. The Hall–Kier alpha value is -1.76. The van der Waals surface area contributed by atoms with Crippen molar-refractivity contribution in [2.75, 3.05) is 29.3 Å². The molecule has 2 aromatic rings. The third kappa shape index (κ3) is 5.29. The fraction of sp³-hybridized carbons (Fsp3) is 0.478. The van der Waals surface area contributed by atoms with Crippen molar-refractivity contribution in [1.29, 1.82) is 0 Å². The van der Waals surface area contributed by atoms with Crippen LogP contribution in [-0.2, 0) is 22.9 Å². The predicted molar refractivity (Wildman–Crippen MR) is 126 cm³/mol. The summed E-state index contributed by atoms with van der Waals surface area (Å²) in [7, 11) is -3.58. The third-order valence-corrected chi connectivity index (χ3v) is 7.39. The Balaban J connectivity index is 0.00000256. The Kier molecular flexibility index (Phi) is 7.66. The van der Waals surface area contributed by atoms with Crippen molar-refractivity contribution in [3.8, 4) is 0 Å². The molecule has 30 heavy (non-hydrogen) atoms. The van der Waals surface area contributed by atoms with Gasteiger partial charge in [0.2, 0.25) is 0 Å². The van der Waals surface area contributed by atoms with Gasteiger partial charge in [0, 0.05) is 30.5 Å². The largest absolute Gasteiger partial charge is 0.372 e. The molecule has 7 heteroatoms. The molecular weight excluding hydrogens is 418 g/mol. The maximum atomic E-state index is 12.8. The standard InChI is InChI=1S/C23H31N3O2S.ClH/c1-2-13-24-20-7-5-19-17-21(8-6-18(19)16-20)25-29(27,28)23-11-9-22(10-12-23)26-14-3-4-15-26;/h6,8-12,17,20,24-25H,2-5,7,13-16H2,1H3;1H/t20-;/m0./s1. The van der Waals surface area contributed by atoms with Gasteiger partial charge in [-0.15, -0.1) is 12.4 Å². The van der Waals surface area contributed by atoms with Crippen LogP contribution >= 0.6 is 12.4 Å². The molecule has 1 fully saturated rings. The Morgan fingerprint density at radius 1 is 1.03 bits per heavy atom. The molecule has 0 bridgehead atoms. The lowest BCUT2D eigenvalue weighted by Gasteiger charge is -2.26. The number of rotatable bonds is 7. The first-order valence-corrected chi connectivity index (χ1v) is 12.3. The number of hydrogen-bond donors (Lipinski definition) is 2. The van der Waals surface area contributed by atoms with Crippen LogP contribution in [0.15, 0.2) is 47.4 Å². The number of benzene rings is 2. The summed E-state index contributed by atoms with van der Waals surface area (Å²) in [5.41, 5.74) is 4.32. The van der Waals surface area contributed by atoms with E-state index in [1.54, 1.807) is 12.1 Å². The van der Waals surface area contributed by atoms with E-state index >= 15 is 0 Å². The maximum Gasteiger partial charge on any atom is 0.261 e. The highest BCUT2D eigenvalue weighted by molar-refractivity contribution is 7.92. The van der Waals surface area contributed by atoms with Gasteiger partial charge in [-0.25, -0.2) is 8.42 Å². The van der Waals surface area contributed by atoms with Crippen molar-refractivity contribution in [2.45, 2.75) is 56.4 Å². The highest BCUT2D eigenvalue weighted by Crippen LogP contribution is 2.27. The molecule has 0 spiro atoms. The quantitative estimate of drug-likeness (QED) is 0.659. The number of nitrogens with one attached hydrogen (secondary N) is 2. The fourth-order valence-corrected chi connectivity index (χ4v) is 5.42. The number of fused-ring (bicyclic) bond motifs is 1. The van der Waals surface area contributed by atoms with Gasteiger partial charge in [-0.1, -0.05) is 13.0 Å². The lowest BCUT2D eigenvalue weighted by Crippen LogP contribution is -2.35. The molecule has 2 N–H and O–H groups in total. The van der Waals surface area contributed by atoms with E-state index in [1.807, 2.05) is 24.3 Å². The molecule has 0 aromatic heterocycles. The molecule has 0 saturated carbocycles. The summed E-state index contributed by atoms with van der Waals surface area (Å²) in [5.74, 6) is 0. The smallest absolute Gasteiger partial charge is 0.261 e. The summed E-state index contributed by atoms with van der Waals surface area (Å²) in [6, 6.07) is 13.7. The van der Waals surface area contributed by atoms with E-state index < -0.39 is 10.0 Å². The van der Waals surface area contributed by atoms with Crippen LogP contribution in [0, 0.1) is 0 Å². The first kappa shape index (κ1) is 22.9. The van der Waals surface area contributed by atoms with Gasteiger partial charge in [0.25, 0.3) is 10.0 Å². The third-order valence-electron chi connectivity index (χ3n) is 5.99. The van der Waals surface area contributed by atoms with E-state index in [1.165, 1.54) is 24.0 Å². The average Bonchev–Trinajstić information content (AvgIpc) is 3.27. The molecule has 0 amide bonds. The summed E-state index contributed by atoms with van der Waals surface area (Å²) in [4.78, 5) is 2.61. The van der Waals surface area contributed by atoms with Crippen molar-refractivity contribution in [3.63, 3.8) is 0 Å². The molecule has 1 saturated heterocycles. The van der Waals surface area contributed by atoms with Crippen LogP contribution in [0.4, 0.5) is 11.4 Å². The summed E-state index contributed by atoms with van der Waals surface area (Å²) in [5, 5.41) is 3.60. The minimum absolute atomic E-state index is 0. The highest BCUT2D eigenvalue weighted by atomic mass is 35.5. The van der Waals surface area contributed by atoms with E-state index in [4.69, 9.17) is 0 Å². The number of sulfonamides is 1. The van der Waals surface area contributed by atoms with E-state index in [9.17, 15) is 8.42 Å². The van der Waals surface area contributed by atoms with Gasteiger partial charge in [-0.05, 0) is 92.6 Å². The monoisotopic (exact) mass is 449 g/mol. The molecule has 1 aliphatic carbocycles. The van der Waals surface area contributed by atoms with Gasteiger partial charge in [-0.3, -0.25) is 4.72 Å². The topological polar surface area (TPSA) is 61.4 Å². The SMILES string of the molecule is CCCN[C@H]1CCc2cc(NS(=O)(=O)c3ccc(N4CCCC4)cc3)ccc2C1.Cl. The van der Waals surface area contributed by atoms with Crippen molar-refractivity contribution in [3.05, 3.63) is 53.6 Å². The summed E-state index contributed by atoms with van der Waals surface area (Å²) in [6.45, 7) is 5.33. The van der Waals surface area contributed by atoms with Crippen molar-refractivity contribution in [2.24, 2.45) is 0 Å². The lowest BCUT2D eigenvalue weighted by molar-refractivity contribution is 0.459. The normalized spacial score (nSPS) is 18.6. The molecule has 0 unspecified atom stereocenters. The number of aryl methyl sites for hydroxylation is 1. The molecule has 1 heterocycles. The first-order valence-electron chi connectivity index (χ1n) is 10.8. The van der Waals surface area contributed by atoms with Gasteiger partial charge in [-0.2, -0.15) is 0 Å². The summed E-state index contributed by atoms with van der Waals surface area (Å²) < 4.78 is 28.4. The Bertz CT molecular complexity index is 941. The first-order chi connectivity index (χ1) is 14.0. The van der Waals surface area contributed by atoms with Crippen molar-refractivity contribution in [1.82, 2.24) is 5.32 Å². The number of halogens is 1. The van der Waals surface area contributed by atoms with Crippen LogP contribution in [0.5, 0.6) is 0 Å². The van der Waals surface area contributed by atoms with Gasteiger partial charge in [0.1, 0.15) is 0 Å². The van der Waals surface area contributed by atoms with Crippen LogP contribution in [0.25, 0.3) is 0 Å². The van der Waals surface area contributed by atoms with Crippen LogP contribution < -0.4 is 14.9 Å². The molecule has 164 valence electrons. The molecule has 2 aromatic carbocycles. The van der Waals surface area contributed by atoms with Gasteiger partial charge in [0.05, 0.1) is 4.90 Å². The van der Waals surface area contributed by atoms with Crippen molar-refractivity contribution >= 4 is 33.8 Å². The molecule has 1 aliphatic heterocycles. The van der Waals surface area contributed by atoms with Crippen LogP contribution in [-0.4, -0.2) is 34.1 Å². The van der Waals surface area contributed by atoms with E-state index in [0.29, 0.717) is 16.6 Å². The van der Waals surface area contributed by atoms with Gasteiger partial charge >= 0.3 is 0 Å². The predicted octanol–water partition coefficient (Wildman–Crippen LogP) is 4.37. The second-order valence-electron chi connectivity index (χ2n) is 8.17. The summed E-state index contributed by atoms with van der Waals surface area (Å²) >= 11 is 0. The van der Waals surface area contributed by atoms with Gasteiger partial charge < -0.3 is 10.2 Å². The zero-order chi connectivity index (χ0) is 20.3. The van der Waals surface area contributed by atoms with E-state index in [-0.39, 0.29) is 12.4 Å². The zero-order valence-corrected chi connectivity index (χ0v) is 19.2. The zero-order valence-electron chi connectivity index (χ0n) is 17.6. The Labute approximate surface area is 186 Å². The Morgan fingerprint density at radius 2 is 1.77 bits per heavy atom. The van der Waals surface area contributed by atoms with E-state index in [2.05, 4.69) is 27.9 Å². The maximum absolute atomic E-state index is 12.8. The molecule has 2 aliphatic rings. The van der Waals surface area contributed by atoms with Crippen LogP contribution in [0.3, 0.4) is 0 Å². The second kappa shape index (κ2) is 10.0. The second-order valence-corrected chi connectivity index (χ2v) is 9.85. The van der Waals surface area contributed by atoms with Gasteiger partial charge in [0.15, 0.2) is 0 Å². The molecule has 1 atom stereocenters. The number of anilines is 2. The molecular formula is C23H32ClN3O2S. The minimum Gasteiger partial charge on any atom is -0.372 e. The summed E-state index contributed by atoms with van der Waals surface area (Å²) in [6.07, 6.45) is 6.64. The average molecular weight is 450 g/mol. The molecule has 5 nitrogen and oxygen atoms in total. The highest BCUT2D eigenvalue weighted by Gasteiger charge is 2.20. The molecule has 0 radical (unpaired) electrons. The minimum atomic E-state index is -3.58. The van der Waals surface area contributed by atoms with Crippen LogP contribution in [0.2, 0.25) is 0 Å². The van der Waals surface area contributed by atoms with Crippen LogP contribution in [0.1, 0.15) is 43.7 Å². The van der Waals surface area contributed by atoms with Crippen molar-refractivity contribution < 1.29 is 8.42 Å². The van der Waals surface area contributed by atoms with E-state index in [0.717, 1.165) is 51.0 Å². The molecule has 4 rings (SSSR count).